The van der Waals surface area contributed by atoms with Gasteiger partial charge in [0.05, 0.1) is 7.11 Å². The number of benzene rings is 1. The fraction of sp³-hybridized carbons (Fsp3) is 0.650. The lowest BCUT2D eigenvalue weighted by atomic mass is 10.1. The lowest BCUT2D eigenvalue weighted by Gasteiger charge is -2.19. The van der Waals surface area contributed by atoms with Crippen molar-refractivity contribution in [3.05, 3.63) is 24.3 Å². The number of ether oxygens (including phenoxy) is 1. The first-order valence-corrected chi connectivity index (χ1v) is 11.1. The predicted molar refractivity (Wildman–Crippen MR) is 130 cm³/mol. The lowest BCUT2D eigenvalue weighted by molar-refractivity contribution is 0.415. The third-order valence-electron chi connectivity index (χ3n) is 4.62. The minimum absolute atomic E-state index is 0. The monoisotopic (exact) mass is 506 g/mol. The van der Waals surface area contributed by atoms with E-state index in [1.54, 1.807) is 7.11 Å². The van der Waals surface area contributed by atoms with Crippen molar-refractivity contribution in [2.24, 2.45) is 10.9 Å². The Morgan fingerprint density at radius 3 is 2.93 bits per heavy atom. The van der Waals surface area contributed by atoms with Gasteiger partial charge in [0, 0.05) is 44.5 Å². The Bertz CT molecular complexity index is 559. The van der Waals surface area contributed by atoms with Crippen molar-refractivity contribution in [3.8, 4) is 5.75 Å². The average molecular weight is 506 g/mol. The molecule has 7 heteroatoms. The molecular formula is C20H35IN4OS. The smallest absolute Gasteiger partial charge is 0.191 e. The van der Waals surface area contributed by atoms with Crippen LogP contribution in [-0.4, -0.2) is 57.8 Å². The second-order valence-corrected chi connectivity index (χ2v) is 7.63. The lowest BCUT2D eigenvalue weighted by Crippen LogP contribution is -2.38. The number of methoxy groups -OCH3 is 1. The molecule has 1 saturated heterocycles. The van der Waals surface area contributed by atoms with Crippen molar-refractivity contribution in [2.45, 2.75) is 26.2 Å². The summed E-state index contributed by atoms with van der Waals surface area (Å²) in [5, 5.41) is 6.82. The second kappa shape index (κ2) is 14.2. The fourth-order valence-corrected chi connectivity index (χ4v) is 3.66. The molecular weight excluding hydrogens is 471 g/mol. The molecule has 0 saturated carbocycles. The Kier molecular flexibility index (Phi) is 12.7. The van der Waals surface area contributed by atoms with Gasteiger partial charge in [0.1, 0.15) is 5.75 Å². The maximum absolute atomic E-state index is 5.34. The Hall–Kier alpha value is -0.830. The number of anilines is 1. The minimum atomic E-state index is 0. The third kappa shape index (κ3) is 8.81. The van der Waals surface area contributed by atoms with E-state index in [2.05, 4.69) is 46.9 Å². The first-order chi connectivity index (χ1) is 12.8. The number of nitrogens with one attached hydrogen (secondary N) is 2. The zero-order valence-electron chi connectivity index (χ0n) is 16.9. The first-order valence-electron chi connectivity index (χ1n) is 9.67. The molecule has 0 aromatic heterocycles. The van der Waals surface area contributed by atoms with E-state index in [0.717, 1.165) is 44.4 Å². The molecule has 2 rings (SSSR count). The average Bonchev–Trinajstić information content (AvgIpc) is 3.15. The molecule has 1 aromatic carbocycles. The van der Waals surface area contributed by atoms with Crippen LogP contribution in [0, 0.1) is 5.92 Å². The van der Waals surface area contributed by atoms with Crippen LogP contribution < -0.4 is 20.3 Å². The number of halogens is 1. The number of guanidine groups is 1. The number of thioether (sulfide) groups is 1. The van der Waals surface area contributed by atoms with Crippen molar-refractivity contribution in [1.82, 2.24) is 10.6 Å². The van der Waals surface area contributed by atoms with Crippen LogP contribution in [0.25, 0.3) is 0 Å². The molecule has 0 amide bonds. The van der Waals surface area contributed by atoms with E-state index in [1.165, 1.54) is 30.7 Å². The molecule has 1 aliphatic heterocycles. The molecule has 1 aliphatic rings. The molecule has 0 radical (unpaired) electrons. The van der Waals surface area contributed by atoms with Crippen molar-refractivity contribution in [3.63, 3.8) is 0 Å². The Balaban J connectivity index is 0.00000364. The number of aliphatic imine (C=N–C) groups is 1. The van der Waals surface area contributed by atoms with Crippen LogP contribution in [0.1, 0.15) is 26.2 Å². The molecule has 1 fully saturated rings. The van der Waals surface area contributed by atoms with Crippen molar-refractivity contribution in [1.29, 1.82) is 0 Å². The van der Waals surface area contributed by atoms with Crippen molar-refractivity contribution in [2.75, 3.05) is 56.7 Å². The molecule has 1 aromatic rings. The van der Waals surface area contributed by atoms with Crippen molar-refractivity contribution >= 4 is 47.4 Å². The van der Waals surface area contributed by atoms with E-state index < -0.39 is 0 Å². The summed E-state index contributed by atoms with van der Waals surface area (Å²) in [4.78, 5) is 7.25. The zero-order valence-corrected chi connectivity index (χ0v) is 20.0. The SMILES string of the molecule is CCNC(=NCC1CCN(c2cccc(OC)c2)C1)NCCCCSC.I. The number of unbranched alkanes of at least 4 members (excludes halogenated alkanes) is 1. The van der Waals surface area contributed by atoms with Crippen LogP contribution in [0.3, 0.4) is 0 Å². The molecule has 0 aliphatic carbocycles. The van der Waals surface area contributed by atoms with E-state index in [1.807, 2.05) is 17.8 Å². The van der Waals surface area contributed by atoms with Crippen LogP contribution in [0.15, 0.2) is 29.3 Å². The topological polar surface area (TPSA) is 48.9 Å². The van der Waals surface area contributed by atoms with Crippen LogP contribution in [-0.2, 0) is 0 Å². The molecule has 1 unspecified atom stereocenters. The summed E-state index contributed by atoms with van der Waals surface area (Å²) in [6.07, 6.45) is 5.80. The van der Waals surface area contributed by atoms with Gasteiger partial charge < -0.3 is 20.3 Å². The van der Waals surface area contributed by atoms with E-state index in [9.17, 15) is 0 Å². The Labute approximate surface area is 186 Å². The quantitative estimate of drug-likeness (QED) is 0.219. The highest BCUT2D eigenvalue weighted by Gasteiger charge is 2.22. The molecule has 1 atom stereocenters. The normalized spacial score (nSPS) is 16.8. The number of rotatable bonds is 10. The highest BCUT2D eigenvalue weighted by atomic mass is 127. The Morgan fingerprint density at radius 1 is 1.33 bits per heavy atom. The molecule has 154 valence electrons. The molecule has 0 bridgehead atoms. The standard InChI is InChI=1S/C20H34N4OS.HI/c1-4-21-20(22-11-5-6-13-26-3)23-15-17-10-12-24(16-17)18-8-7-9-19(14-18)25-2;/h7-9,14,17H,4-6,10-13,15-16H2,1-3H3,(H2,21,22,23);1H. The maximum Gasteiger partial charge on any atom is 0.191 e. The fourth-order valence-electron chi connectivity index (χ4n) is 3.16. The highest BCUT2D eigenvalue weighted by molar-refractivity contribution is 14.0. The van der Waals surface area contributed by atoms with E-state index in [-0.39, 0.29) is 24.0 Å². The molecule has 27 heavy (non-hydrogen) atoms. The summed E-state index contributed by atoms with van der Waals surface area (Å²) in [6, 6.07) is 8.33. The van der Waals surface area contributed by atoms with Gasteiger partial charge in [-0.25, -0.2) is 0 Å². The Morgan fingerprint density at radius 2 is 2.19 bits per heavy atom. The predicted octanol–water partition coefficient (Wildman–Crippen LogP) is 3.84. The van der Waals surface area contributed by atoms with Crippen LogP contribution in [0.4, 0.5) is 5.69 Å². The van der Waals surface area contributed by atoms with Gasteiger partial charge in [-0.3, -0.25) is 4.99 Å². The maximum atomic E-state index is 5.34. The summed E-state index contributed by atoms with van der Waals surface area (Å²) in [5.41, 5.74) is 1.25. The minimum Gasteiger partial charge on any atom is -0.497 e. The molecule has 2 N–H and O–H groups in total. The van der Waals surface area contributed by atoms with Gasteiger partial charge in [0.2, 0.25) is 0 Å². The first kappa shape index (κ1) is 24.2. The third-order valence-corrected chi connectivity index (χ3v) is 5.32. The van der Waals surface area contributed by atoms with Crippen molar-refractivity contribution < 1.29 is 4.74 Å². The largest absolute Gasteiger partial charge is 0.497 e. The van der Waals surface area contributed by atoms with E-state index >= 15 is 0 Å². The van der Waals surface area contributed by atoms with Crippen LogP contribution >= 0.6 is 35.7 Å². The summed E-state index contributed by atoms with van der Waals surface area (Å²) in [5.74, 6) is 3.71. The highest BCUT2D eigenvalue weighted by Crippen LogP contribution is 2.26. The van der Waals surface area contributed by atoms with Gasteiger partial charge in [0.15, 0.2) is 5.96 Å². The van der Waals surface area contributed by atoms with Gasteiger partial charge >= 0.3 is 0 Å². The number of hydrogen-bond donors (Lipinski definition) is 2. The molecule has 1 heterocycles. The summed E-state index contributed by atoms with van der Waals surface area (Å²) >= 11 is 1.91. The molecule has 5 nitrogen and oxygen atoms in total. The summed E-state index contributed by atoms with van der Waals surface area (Å²) < 4.78 is 5.34. The van der Waals surface area contributed by atoms with Crippen LogP contribution in [0.5, 0.6) is 5.75 Å². The summed E-state index contributed by atoms with van der Waals surface area (Å²) in [7, 11) is 1.72. The second-order valence-electron chi connectivity index (χ2n) is 6.65. The number of nitrogens with zero attached hydrogens (tertiary/aromatic N) is 2. The van der Waals surface area contributed by atoms with E-state index in [0.29, 0.717) is 5.92 Å². The van der Waals surface area contributed by atoms with Crippen LogP contribution in [0.2, 0.25) is 0 Å². The number of hydrogen-bond acceptors (Lipinski definition) is 4. The molecule has 0 spiro atoms. The van der Waals surface area contributed by atoms with Gasteiger partial charge in [0.25, 0.3) is 0 Å². The summed E-state index contributed by atoms with van der Waals surface area (Å²) in [6.45, 7) is 7.03. The van der Waals surface area contributed by atoms with Gasteiger partial charge in [-0.15, -0.1) is 24.0 Å². The van der Waals surface area contributed by atoms with Gasteiger partial charge in [-0.1, -0.05) is 6.07 Å². The van der Waals surface area contributed by atoms with Gasteiger partial charge in [-0.05, 0) is 56.2 Å². The van der Waals surface area contributed by atoms with Gasteiger partial charge in [-0.2, -0.15) is 11.8 Å². The van der Waals surface area contributed by atoms with E-state index in [4.69, 9.17) is 9.73 Å². The zero-order chi connectivity index (χ0) is 18.6.